The maximum atomic E-state index is 12.0. The van der Waals surface area contributed by atoms with Gasteiger partial charge in [0, 0.05) is 5.75 Å². The molecule has 0 aromatic rings. The minimum atomic E-state index is -6.10. The van der Waals surface area contributed by atoms with Gasteiger partial charge in [0.25, 0.3) is 0 Å². The standard InChI is InChI=1S/C9H15F3NO6S2/c1-3-7(2)8(14)19-5-4-6-20(15,16)13-21(17,18)9(10,11)12/h7H,3-6H2,1-2H3/q-1. The summed E-state index contributed by atoms with van der Waals surface area (Å²) in [5, 5.41) is 0. The first-order valence-electron chi connectivity index (χ1n) is 5.77. The highest BCUT2D eigenvalue weighted by Gasteiger charge is 2.40. The van der Waals surface area contributed by atoms with Crippen molar-refractivity contribution in [3.63, 3.8) is 0 Å². The summed E-state index contributed by atoms with van der Waals surface area (Å²) in [5.41, 5.74) is -5.77. The van der Waals surface area contributed by atoms with Crippen LogP contribution in [0.15, 0.2) is 0 Å². The lowest BCUT2D eigenvalue weighted by Crippen LogP contribution is -2.25. The first kappa shape index (κ1) is 20.1. The molecule has 0 saturated heterocycles. The summed E-state index contributed by atoms with van der Waals surface area (Å²) in [4.78, 5) is 11.2. The average Bonchev–Trinajstić information content (AvgIpc) is 2.30. The number of hydrogen-bond donors (Lipinski definition) is 0. The lowest BCUT2D eigenvalue weighted by molar-refractivity contribution is -0.148. The highest BCUT2D eigenvalue weighted by Crippen LogP contribution is 2.30. The SMILES string of the molecule is CCC(C)C(=O)OCCCS(=O)(=O)[N-]S(=O)(=O)C(F)(F)F. The number of esters is 1. The highest BCUT2D eigenvalue weighted by molar-refractivity contribution is 8.12. The van der Waals surface area contributed by atoms with Crippen molar-refractivity contribution >= 4 is 26.0 Å². The van der Waals surface area contributed by atoms with E-state index in [4.69, 9.17) is 0 Å². The van der Waals surface area contributed by atoms with Crippen molar-refractivity contribution in [2.24, 2.45) is 5.92 Å². The Morgan fingerprint density at radius 2 is 1.76 bits per heavy atom. The summed E-state index contributed by atoms with van der Waals surface area (Å²) in [6.07, 6.45) is 0.150. The van der Waals surface area contributed by atoms with Crippen LogP contribution in [0.1, 0.15) is 26.7 Å². The van der Waals surface area contributed by atoms with Crippen molar-refractivity contribution in [1.82, 2.24) is 0 Å². The van der Waals surface area contributed by atoms with Gasteiger partial charge in [-0.3, -0.25) is 4.79 Å². The fraction of sp³-hybridized carbons (Fsp3) is 0.889. The zero-order valence-electron chi connectivity index (χ0n) is 11.3. The number of hydrogen-bond acceptors (Lipinski definition) is 6. The van der Waals surface area contributed by atoms with E-state index in [0.717, 1.165) is 0 Å². The minimum Gasteiger partial charge on any atom is -0.465 e. The zero-order chi connectivity index (χ0) is 16.9. The third kappa shape index (κ3) is 7.09. The number of carbonyl (C=O) groups excluding carboxylic acids is 1. The fourth-order valence-corrected chi connectivity index (χ4v) is 3.27. The Morgan fingerprint density at radius 3 is 2.19 bits per heavy atom. The van der Waals surface area contributed by atoms with Crippen molar-refractivity contribution in [2.45, 2.75) is 32.2 Å². The molecule has 7 nitrogen and oxygen atoms in total. The Balaban J connectivity index is 4.38. The predicted molar refractivity (Wildman–Crippen MR) is 67.2 cm³/mol. The lowest BCUT2D eigenvalue weighted by Gasteiger charge is -2.21. The van der Waals surface area contributed by atoms with Crippen LogP contribution < -0.4 is 0 Å². The van der Waals surface area contributed by atoms with Crippen molar-refractivity contribution in [3.05, 3.63) is 4.13 Å². The average molecular weight is 354 g/mol. The van der Waals surface area contributed by atoms with Crippen molar-refractivity contribution < 1.29 is 39.5 Å². The second-order valence-corrected chi connectivity index (χ2v) is 7.69. The molecule has 0 aliphatic heterocycles. The van der Waals surface area contributed by atoms with Crippen LogP contribution in [0.4, 0.5) is 13.2 Å². The summed E-state index contributed by atoms with van der Waals surface area (Å²) < 4.78 is 85.9. The van der Waals surface area contributed by atoms with Gasteiger partial charge in [0.1, 0.15) is 0 Å². The molecule has 0 aliphatic carbocycles. The van der Waals surface area contributed by atoms with Crippen LogP contribution in [-0.2, 0) is 29.6 Å². The summed E-state index contributed by atoms with van der Waals surface area (Å²) in [6.45, 7) is 2.96. The number of alkyl halides is 3. The second-order valence-electron chi connectivity index (χ2n) is 4.11. The van der Waals surface area contributed by atoms with Gasteiger partial charge in [0.2, 0.25) is 0 Å². The normalized spacial score (nSPS) is 14.7. The Morgan fingerprint density at radius 1 is 1.24 bits per heavy atom. The van der Waals surface area contributed by atoms with Crippen LogP contribution in [0.5, 0.6) is 0 Å². The maximum Gasteiger partial charge on any atom is 0.480 e. The van der Waals surface area contributed by atoms with E-state index in [1.807, 2.05) is 4.13 Å². The monoisotopic (exact) mass is 354 g/mol. The van der Waals surface area contributed by atoms with Gasteiger partial charge in [-0.1, -0.05) is 13.8 Å². The van der Waals surface area contributed by atoms with Gasteiger partial charge in [0.05, 0.1) is 22.5 Å². The Labute approximate surface area is 121 Å². The number of ether oxygens (including phenoxy) is 1. The van der Waals surface area contributed by atoms with E-state index in [1.165, 1.54) is 0 Å². The number of rotatable bonds is 8. The number of carbonyl (C=O) groups is 1. The molecule has 0 bridgehead atoms. The Bertz CT molecular complexity index is 555. The Kier molecular flexibility index (Phi) is 7.09. The van der Waals surface area contributed by atoms with Crippen LogP contribution in [0.2, 0.25) is 0 Å². The molecule has 126 valence electrons. The van der Waals surface area contributed by atoms with E-state index in [-0.39, 0.29) is 13.0 Å². The van der Waals surface area contributed by atoms with E-state index < -0.39 is 43.2 Å². The fourth-order valence-electron chi connectivity index (χ4n) is 0.952. The molecule has 0 saturated carbocycles. The van der Waals surface area contributed by atoms with E-state index in [2.05, 4.69) is 4.74 Å². The van der Waals surface area contributed by atoms with Crippen LogP contribution in [-0.4, -0.2) is 40.7 Å². The van der Waals surface area contributed by atoms with Crippen molar-refractivity contribution in [1.29, 1.82) is 0 Å². The molecule has 0 radical (unpaired) electrons. The van der Waals surface area contributed by atoms with Crippen molar-refractivity contribution in [2.75, 3.05) is 12.4 Å². The third-order valence-corrected chi connectivity index (χ3v) is 5.39. The first-order chi connectivity index (χ1) is 9.32. The molecule has 0 aliphatic rings. The molecule has 0 spiro atoms. The largest absolute Gasteiger partial charge is 0.480 e. The Hall–Kier alpha value is -0.880. The van der Waals surface area contributed by atoms with E-state index >= 15 is 0 Å². The molecule has 0 N–H and O–H groups in total. The summed E-state index contributed by atoms with van der Waals surface area (Å²) in [6, 6.07) is 0. The molecule has 0 fully saturated rings. The van der Waals surface area contributed by atoms with Crippen LogP contribution in [0.3, 0.4) is 0 Å². The molecular formula is C9H15F3NO6S2-. The van der Waals surface area contributed by atoms with Gasteiger partial charge in [-0.05, 0) is 12.8 Å². The zero-order valence-corrected chi connectivity index (χ0v) is 12.9. The van der Waals surface area contributed by atoms with Gasteiger partial charge in [-0.15, -0.1) is 0 Å². The van der Waals surface area contributed by atoms with Crippen molar-refractivity contribution in [3.8, 4) is 0 Å². The van der Waals surface area contributed by atoms with E-state index in [0.29, 0.717) is 6.42 Å². The van der Waals surface area contributed by atoms with Crippen LogP contribution in [0.25, 0.3) is 4.13 Å². The molecule has 0 rings (SSSR count). The topological polar surface area (TPSA) is 109 Å². The quantitative estimate of drug-likeness (QED) is 0.483. The van der Waals surface area contributed by atoms with Crippen LogP contribution >= 0.6 is 0 Å². The van der Waals surface area contributed by atoms with Gasteiger partial charge in [-0.25, -0.2) is 16.8 Å². The predicted octanol–water partition coefficient (Wildman–Crippen LogP) is 1.52. The number of sulfonamides is 2. The molecular weight excluding hydrogens is 339 g/mol. The molecule has 0 heterocycles. The highest BCUT2D eigenvalue weighted by atomic mass is 32.3. The molecule has 0 aromatic carbocycles. The minimum absolute atomic E-state index is 0.357. The molecule has 0 amide bonds. The molecule has 21 heavy (non-hydrogen) atoms. The van der Waals surface area contributed by atoms with Crippen LogP contribution in [0, 0.1) is 5.92 Å². The van der Waals surface area contributed by atoms with E-state index in [1.54, 1.807) is 13.8 Å². The second kappa shape index (κ2) is 7.40. The van der Waals surface area contributed by atoms with Gasteiger partial charge in [0.15, 0.2) is 10.0 Å². The summed E-state index contributed by atoms with van der Waals surface area (Å²) >= 11 is 0. The molecule has 1 unspecified atom stereocenters. The van der Waals surface area contributed by atoms with Gasteiger partial charge in [-0.2, -0.15) is 13.2 Å². The number of nitrogens with zero attached hydrogens (tertiary/aromatic N) is 1. The molecule has 0 aromatic heterocycles. The molecule has 12 heteroatoms. The smallest absolute Gasteiger partial charge is 0.465 e. The third-order valence-electron chi connectivity index (χ3n) is 2.31. The van der Waals surface area contributed by atoms with Gasteiger partial charge >= 0.3 is 11.5 Å². The van der Waals surface area contributed by atoms with E-state index in [9.17, 15) is 34.8 Å². The first-order valence-corrected chi connectivity index (χ1v) is 8.82. The number of halogens is 3. The molecule has 1 atom stereocenters. The summed E-state index contributed by atoms with van der Waals surface area (Å²) in [5.74, 6) is -1.94. The maximum absolute atomic E-state index is 12.0. The van der Waals surface area contributed by atoms with Gasteiger partial charge < -0.3 is 8.86 Å². The summed E-state index contributed by atoms with van der Waals surface area (Å²) in [7, 11) is -10.9. The lowest BCUT2D eigenvalue weighted by atomic mass is 10.1.